The van der Waals surface area contributed by atoms with Crippen LogP contribution in [0, 0.1) is 6.92 Å². The minimum Gasteiger partial charge on any atom is -0.371 e. The van der Waals surface area contributed by atoms with E-state index in [1.807, 2.05) is 25.1 Å². The van der Waals surface area contributed by atoms with Crippen LogP contribution in [0.3, 0.4) is 0 Å². The first-order chi connectivity index (χ1) is 13.5. The third kappa shape index (κ3) is 3.84. The van der Waals surface area contributed by atoms with E-state index in [0.29, 0.717) is 0 Å². The van der Waals surface area contributed by atoms with E-state index < -0.39 is 10.0 Å². The van der Waals surface area contributed by atoms with Gasteiger partial charge in [0.2, 0.25) is 0 Å². The van der Waals surface area contributed by atoms with Gasteiger partial charge < -0.3 is 4.90 Å². The maximum Gasteiger partial charge on any atom is 0.263 e. The largest absolute Gasteiger partial charge is 0.371 e. The number of hydrogen-bond acceptors (Lipinski definition) is 5. The molecule has 0 bridgehead atoms. The Kier molecular flexibility index (Phi) is 5.00. The van der Waals surface area contributed by atoms with Gasteiger partial charge in [0.25, 0.3) is 10.0 Å². The lowest BCUT2D eigenvalue weighted by Crippen LogP contribution is -2.18. The highest BCUT2D eigenvalue weighted by Crippen LogP contribution is 2.31. The first kappa shape index (κ1) is 18.4. The van der Waals surface area contributed by atoms with Crippen molar-refractivity contribution in [1.29, 1.82) is 0 Å². The van der Waals surface area contributed by atoms with Crippen LogP contribution in [0.1, 0.15) is 18.4 Å². The van der Waals surface area contributed by atoms with Crippen molar-refractivity contribution in [2.45, 2.75) is 24.7 Å². The summed E-state index contributed by atoms with van der Waals surface area (Å²) < 4.78 is 27.5. The second-order valence-electron chi connectivity index (χ2n) is 6.93. The zero-order valence-corrected chi connectivity index (χ0v) is 16.5. The van der Waals surface area contributed by atoms with E-state index in [9.17, 15) is 8.42 Å². The van der Waals surface area contributed by atoms with Crippen LogP contribution < -0.4 is 9.62 Å². The van der Waals surface area contributed by atoms with Gasteiger partial charge in [-0.3, -0.25) is 4.72 Å². The van der Waals surface area contributed by atoms with Crippen LogP contribution in [0.25, 0.3) is 11.3 Å². The van der Waals surface area contributed by atoms with E-state index in [1.165, 1.54) is 12.8 Å². The van der Waals surface area contributed by atoms with Gasteiger partial charge in [0.15, 0.2) is 5.82 Å². The fraction of sp³-hybridized carbons (Fsp3) is 0.238. The summed E-state index contributed by atoms with van der Waals surface area (Å²) in [6.45, 7) is 3.99. The fourth-order valence-electron chi connectivity index (χ4n) is 3.37. The van der Waals surface area contributed by atoms with Crippen LogP contribution in [0.2, 0.25) is 0 Å². The highest BCUT2D eigenvalue weighted by atomic mass is 32.2. The summed E-state index contributed by atoms with van der Waals surface area (Å²) in [5.74, 6) is 0.197. The molecule has 1 saturated heterocycles. The Hall–Kier alpha value is -2.93. The number of aryl methyl sites for hydroxylation is 1. The average Bonchev–Trinajstić information content (AvgIpc) is 3.23. The van der Waals surface area contributed by atoms with Crippen molar-refractivity contribution >= 4 is 21.5 Å². The number of anilines is 2. The van der Waals surface area contributed by atoms with E-state index >= 15 is 0 Å². The SMILES string of the molecule is Cc1ccc(S(=O)(=O)Nc2ccc(-c3ccccc3N3CCCC3)nn2)cc1. The summed E-state index contributed by atoms with van der Waals surface area (Å²) in [4.78, 5) is 2.55. The maximum absolute atomic E-state index is 12.5. The average molecular weight is 395 g/mol. The third-order valence-corrected chi connectivity index (χ3v) is 6.23. The van der Waals surface area contributed by atoms with Crippen molar-refractivity contribution in [2.75, 3.05) is 22.7 Å². The molecule has 144 valence electrons. The Morgan fingerprint density at radius 3 is 2.29 bits per heavy atom. The van der Waals surface area contributed by atoms with Gasteiger partial charge in [0.1, 0.15) is 0 Å². The lowest BCUT2D eigenvalue weighted by molar-refractivity contribution is 0.601. The van der Waals surface area contributed by atoms with Crippen molar-refractivity contribution in [3.05, 3.63) is 66.2 Å². The Morgan fingerprint density at radius 2 is 1.61 bits per heavy atom. The number of nitrogens with one attached hydrogen (secondary N) is 1. The molecule has 2 heterocycles. The molecule has 0 saturated carbocycles. The van der Waals surface area contributed by atoms with E-state index in [-0.39, 0.29) is 10.7 Å². The molecule has 3 aromatic rings. The molecule has 1 aliphatic rings. The number of para-hydroxylation sites is 1. The molecule has 7 heteroatoms. The van der Waals surface area contributed by atoms with Gasteiger partial charge >= 0.3 is 0 Å². The molecule has 0 spiro atoms. The molecule has 0 radical (unpaired) electrons. The minimum absolute atomic E-state index is 0.197. The van der Waals surface area contributed by atoms with Crippen LogP contribution in [0.4, 0.5) is 11.5 Å². The number of rotatable bonds is 5. The zero-order valence-electron chi connectivity index (χ0n) is 15.7. The van der Waals surface area contributed by atoms with E-state index in [2.05, 4.69) is 25.9 Å². The van der Waals surface area contributed by atoms with Crippen molar-refractivity contribution in [2.24, 2.45) is 0 Å². The van der Waals surface area contributed by atoms with Crippen LogP contribution in [0.5, 0.6) is 0 Å². The Labute approximate surface area is 165 Å². The van der Waals surface area contributed by atoms with Gasteiger partial charge in [-0.15, -0.1) is 10.2 Å². The Morgan fingerprint density at radius 1 is 0.893 bits per heavy atom. The molecule has 1 N–H and O–H groups in total. The Bertz CT molecular complexity index is 1060. The quantitative estimate of drug-likeness (QED) is 0.711. The third-order valence-electron chi connectivity index (χ3n) is 4.86. The molecule has 1 aromatic heterocycles. The van der Waals surface area contributed by atoms with Gasteiger partial charge in [0.05, 0.1) is 10.6 Å². The van der Waals surface area contributed by atoms with Crippen LogP contribution in [0.15, 0.2) is 65.6 Å². The summed E-state index contributed by atoms with van der Waals surface area (Å²) in [5, 5.41) is 8.36. The molecule has 28 heavy (non-hydrogen) atoms. The lowest BCUT2D eigenvalue weighted by Gasteiger charge is -2.20. The number of hydrogen-bond donors (Lipinski definition) is 1. The fourth-order valence-corrected chi connectivity index (χ4v) is 4.36. The normalized spacial score (nSPS) is 14.2. The summed E-state index contributed by atoms with van der Waals surface area (Å²) in [5.41, 5.74) is 3.87. The van der Waals surface area contributed by atoms with E-state index in [1.54, 1.807) is 36.4 Å². The predicted molar refractivity (Wildman–Crippen MR) is 111 cm³/mol. The first-order valence-corrected chi connectivity index (χ1v) is 10.8. The maximum atomic E-state index is 12.5. The van der Waals surface area contributed by atoms with Gasteiger partial charge in [-0.1, -0.05) is 35.9 Å². The molecule has 0 unspecified atom stereocenters. The number of sulfonamides is 1. The number of aromatic nitrogens is 2. The second kappa shape index (κ2) is 7.59. The highest BCUT2D eigenvalue weighted by molar-refractivity contribution is 7.92. The topological polar surface area (TPSA) is 75.2 Å². The van der Waals surface area contributed by atoms with Crippen molar-refractivity contribution in [3.63, 3.8) is 0 Å². The van der Waals surface area contributed by atoms with Crippen LogP contribution in [-0.2, 0) is 10.0 Å². The van der Waals surface area contributed by atoms with Crippen LogP contribution in [-0.4, -0.2) is 31.7 Å². The summed E-state index contributed by atoms with van der Waals surface area (Å²) >= 11 is 0. The summed E-state index contributed by atoms with van der Waals surface area (Å²) in [6, 6.07) is 18.2. The van der Waals surface area contributed by atoms with Crippen LogP contribution >= 0.6 is 0 Å². The van der Waals surface area contributed by atoms with Crippen molar-refractivity contribution < 1.29 is 8.42 Å². The molecule has 6 nitrogen and oxygen atoms in total. The predicted octanol–water partition coefficient (Wildman–Crippen LogP) is 3.85. The smallest absolute Gasteiger partial charge is 0.263 e. The number of nitrogens with zero attached hydrogens (tertiary/aromatic N) is 3. The van der Waals surface area contributed by atoms with Crippen molar-refractivity contribution in [3.8, 4) is 11.3 Å². The molecule has 2 aromatic carbocycles. The molecule has 0 amide bonds. The molecule has 4 rings (SSSR count). The molecular formula is C21H22N4O2S. The number of benzene rings is 2. The monoisotopic (exact) mass is 394 g/mol. The Balaban J connectivity index is 1.57. The second-order valence-corrected chi connectivity index (χ2v) is 8.62. The minimum atomic E-state index is -3.69. The van der Waals surface area contributed by atoms with Gasteiger partial charge in [-0.05, 0) is 50.1 Å². The lowest BCUT2D eigenvalue weighted by atomic mass is 10.1. The van der Waals surface area contributed by atoms with Gasteiger partial charge in [0, 0.05) is 24.3 Å². The molecular weight excluding hydrogens is 372 g/mol. The molecule has 1 aliphatic heterocycles. The van der Waals surface area contributed by atoms with Crippen molar-refractivity contribution in [1.82, 2.24) is 10.2 Å². The molecule has 0 aliphatic carbocycles. The molecule has 1 fully saturated rings. The summed E-state index contributed by atoms with van der Waals surface area (Å²) in [6.07, 6.45) is 2.39. The highest BCUT2D eigenvalue weighted by Gasteiger charge is 2.18. The molecule has 0 atom stereocenters. The standard InChI is InChI=1S/C21H22N4O2S/c1-16-8-10-17(11-9-16)28(26,27)24-21-13-12-19(22-23-21)18-6-2-3-7-20(18)25-14-4-5-15-25/h2-3,6-13H,4-5,14-15H2,1H3,(H,23,24). The van der Waals surface area contributed by atoms with E-state index in [4.69, 9.17) is 0 Å². The van der Waals surface area contributed by atoms with Gasteiger partial charge in [-0.2, -0.15) is 0 Å². The van der Waals surface area contributed by atoms with Gasteiger partial charge in [-0.25, -0.2) is 8.42 Å². The zero-order chi connectivity index (χ0) is 19.6. The first-order valence-electron chi connectivity index (χ1n) is 9.30. The van der Waals surface area contributed by atoms with E-state index in [0.717, 1.165) is 35.6 Å². The summed E-state index contributed by atoms with van der Waals surface area (Å²) in [7, 11) is -3.69.